The van der Waals surface area contributed by atoms with Crippen LogP contribution in [0.4, 0.5) is 0 Å². The Morgan fingerprint density at radius 2 is 1.74 bits per heavy atom. The van der Waals surface area contributed by atoms with Gasteiger partial charge in [0, 0.05) is 12.6 Å². The van der Waals surface area contributed by atoms with E-state index in [0.29, 0.717) is 30.7 Å². The quantitative estimate of drug-likeness (QED) is 0.780. The number of aliphatic hydroxyl groups excluding tert-OH is 1. The molecule has 0 aromatic heterocycles. The van der Waals surface area contributed by atoms with Crippen LogP contribution in [0.5, 0.6) is 0 Å². The van der Waals surface area contributed by atoms with Crippen molar-refractivity contribution in [3.63, 3.8) is 0 Å². The molecule has 1 aliphatic carbocycles. The van der Waals surface area contributed by atoms with Crippen molar-refractivity contribution in [1.82, 2.24) is 5.32 Å². The number of aliphatic hydroxyl groups is 1. The van der Waals surface area contributed by atoms with Crippen LogP contribution in [0.15, 0.2) is 0 Å². The summed E-state index contributed by atoms with van der Waals surface area (Å²) in [5, 5.41) is 13.1. The van der Waals surface area contributed by atoms with Crippen molar-refractivity contribution in [2.24, 2.45) is 11.3 Å². The van der Waals surface area contributed by atoms with E-state index in [9.17, 15) is 5.11 Å². The molecule has 0 bridgehead atoms. The Labute approximate surface area is 119 Å². The molecule has 114 valence electrons. The second-order valence-electron chi connectivity index (χ2n) is 7.39. The zero-order valence-corrected chi connectivity index (χ0v) is 13.4. The summed E-state index contributed by atoms with van der Waals surface area (Å²) in [5.74, 6) is 0.819. The van der Waals surface area contributed by atoms with Gasteiger partial charge in [-0.1, -0.05) is 34.6 Å². The Balaban J connectivity index is 2.16. The van der Waals surface area contributed by atoms with Crippen molar-refractivity contribution in [3.05, 3.63) is 0 Å². The molecule has 1 saturated carbocycles. The van der Waals surface area contributed by atoms with Crippen LogP contribution in [0.1, 0.15) is 60.3 Å². The molecule has 0 radical (unpaired) electrons. The lowest BCUT2D eigenvalue weighted by atomic mass is 9.72. The first-order valence-electron chi connectivity index (χ1n) is 7.82. The molecule has 1 atom stereocenters. The Morgan fingerprint density at radius 1 is 1.16 bits per heavy atom. The van der Waals surface area contributed by atoms with Crippen LogP contribution in [0.2, 0.25) is 0 Å². The Hall–Kier alpha value is -0.120. The van der Waals surface area contributed by atoms with Gasteiger partial charge in [0.15, 0.2) is 0 Å². The molecule has 0 aromatic rings. The fourth-order valence-electron chi connectivity index (χ4n) is 2.77. The third-order valence-corrected chi connectivity index (χ3v) is 4.18. The molecule has 1 aliphatic rings. The van der Waals surface area contributed by atoms with E-state index in [0.717, 1.165) is 18.8 Å². The summed E-state index contributed by atoms with van der Waals surface area (Å²) >= 11 is 0. The van der Waals surface area contributed by atoms with E-state index in [2.05, 4.69) is 39.9 Å². The zero-order valence-electron chi connectivity index (χ0n) is 13.4. The van der Waals surface area contributed by atoms with Crippen molar-refractivity contribution >= 4 is 0 Å². The van der Waals surface area contributed by atoms with E-state index in [1.807, 2.05) is 0 Å². The topological polar surface area (TPSA) is 41.5 Å². The Kier molecular flexibility index (Phi) is 6.78. The molecule has 0 amide bonds. The minimum atomic E-state index is -0.386. The molecule has 0 heterocycles. The summed E-state index contributed by atoms with van der Waals surface area (Å²) in [4.78, 5) is 0. The van der Waals surface area contributed by atoms with Crippen LogP contribution >= 0.6 is 0 Å². The van der Waals surface area contributed by atoms with Gasteiger partial charge >= 0.3 is 0 Å². The fourth-order valence-corrected chi connectivity index (χ4v) is 2.77. The first-order valence-corrected chi connectivity index (χ1v) is 7.82. The molecular weight excluding hydrogens is 238 g/mol. The average molecular weight is 271 g/mol. The molecule has 0 saturated heterocycles. The molecule has 0 unspecified atom stereocenters. The second kappa shape index (κ2) is 7.61. The van der Waals surface area contributed by atoms with Crippen LogP contribution in [0.3, 0.4) is 0 Å². The maximum Gasteiger partial charge on any atom is 0.0897 e. The highest BCUT2D eigenvalue weighted by Crippen LogP contribution is 2.38. The van der Waals surface area contributed by atoms with Crippen molar-refractivity contribution in [1.29, 1.82) is 0 Å². The molecule has 3 nitrogen and oxygen atoms in total. The molecule has 1 rings (SSSR count). The van der Waals surface area contributed by atoms with E-state index in [-0.39, 0.29) is 6.10 Å². The summed E-state index contributed by atoms with van der Waals surface area (Å²) < 4.78 is 5.85. The molecule has 2 N–H and O–H groups in total. The first-order chi connectivity index (χ1) is 8.79. The molecule has 0 aromatic carbocycles. The Bertz CT molecular complexity index is 240. The average Bonchev–Trinajstić information content (AvgIpc) is 2.33. The number of nitrogens with one attached hydrogen (secondary N) is 1. The van der Waals surface area contributed by atoms with Gasteiger partial charge in [-0.25, -0.2) is 0 Å². The SMILES string of the molecule is CC(C)NC[C@@H](O)COC1CCC(C(C)(C)C)CC1. The largest absolute Gasteiger partial charge is 0.389 e. The number of ether oxygens (including phenoxy) is 1. The van der Waals surface area contributed by atoms with Gasteiger partial charge in [-0.05, 0) is 37.0 Å². The number of rotatable bonds is 6. The van der Waals surface area contributed by atoms with E-state index in [4.69, 9.17) is 4.74 Å². The lowest BCUT2D eigenvalue weighted by Gasteiger charge is -2.37. The maximum absolute atomic E-state index is 9.82. The van der Waals surface area contributed by atoms with Gasteiger partial charge in [-0.3, -0.25) is 0 Å². The van der Waals surface area contributed by atoms with Crippen molar-refractivity contribution in [3.8, 4) is 0 Å². The number of hydrogen-bond acceptors (Lipinski definition) is 3. The third-order valence-electron chi connectivity index (χ3n) is 4.18. The smallest absolute Gasteiger partial charge is 0.0897 e. The van der Waals surface area contributed by atoms with Gasteiger partial charge in [0.2, 0.25) is 0 Å². The van der Waals surface area contributed by atoms with Crippen LogP contribution in [0, 0.1) is 11.3 Å². The fraction of sp³-hybridized carbons (Fsp3) is 1.00. The van der Waals surface area contributed by atoms with Crippen molar-refractivity contribution in [2.45, 2.75) is 78.6 Å². The van der Waals surface area contributed by atoms with Crippen LogP contribution in [-0.2, 0) is 4.74 Å². The normalized spacial score (nSPS) is 26.7. The van der Waals surface area contributed by atoms with Crippen molar-refractivity contribution in [2.75, 3.05) is 13.2 Å². The molecule has 1 fully saturated rings. The van der Waals surface area contributed by atoms with Gasteiger partial charge in [0.1, 0.15) is 0 Å². The third kappa shape index (κ3) is 6.73. The molecule has 3 heteroatoms. The summed E-state index contributed by atoms with van der Waals surface area (Å²) in [7, 11) is 0. The van der Waals surface area contributed by atoms with E-state index >= 15 is 0 Å². The highest BCUT2D eigenvalue weighted by molar-refractivity contribution is 4.81. The minimum absolute atomic E-state index is 0.354. The molecule has 0 spiro atoms. The lowest BCUT2D eigenvalue weighted by molar-refractivity contribution is -0.0364. The summed E-state index contributed by atoms with van der Waals surface area (Å²) in [5.41, 5.74) is 0.422. The summed E-state index contributed by atoms with van der Waals surface area (Å²) in [6, 6.07) is 0.414. The summed E-state index contributed by atoms with van der Waals surface area (Å²) in [6.07, 6.45) is 4.77. The number of hydrogen-bond donors (Lipinski definition) is 2. The standard InChI is InChI=1S/C16H33NO2/c1-12(2)17-10-14(18)11-19-15-8-6-13(7-9-15)16(3,4)5/h12-15,17-18H,6-11H2,1-5H3/t13?,14-,15?/m1/s1. The Morgan fingerprint density at radius 3 is 2.21 bits per heavy atom. The second-order valence-corrected chi connectivity index (χ2v) is 7.39. The zero-order chi connectivity index (χ0) is 14.5. The predicted octanol–water partition coefficient (Wildman–Crippen LogP) is 2.97. The maximum atomic E-state index is 9.82. The van der Waals surface area contributed by atoms with Gasteiger partial charge in [-0.15, -0.1) is 0 Å². The van der Waals surface area contributed by atoms with Crippen LogP contribution < -0.4 is 5.32 Å². The van der Waals surface area contributed by atoms with Gasteiger partial charge in [0.25, 0.3) is 0 Å². The highest BCUT2D eigenvalue weighted by atomic mass is 16.5. The first kappa shape index (κ1) is 16.9. The summed E-state index contributed by atoms with van der Waals surface area (Å²) in [6.45, 7) is 12.3. The van der Waals surface area contributed by atoms with E-state index in [1.165, 1.54) is 12.8 Å². The van der Waals surface area contributed by atoms with E-state index in [1.54, 1.807) is 0 Å². The molecule has 0 aliphatic heterocycles. The van der Waals surface area contributed by atoms with Gasteiger partial charge in [-0.2, -0.15) is 0 Å². The van der Waals surface area contributed by atoms with Gasteiger partial charge < -0.3 is 15.2 Å². The molecular formula is C16H33NO2. The predicted molar refractivity (Wildman–Crippen MR) is 80.3 cm³/mol. The van der Waals surface area contributed by atoms with E-state index < -0.39 is 0 Å². The van der Waals surface area contributed by atoms with Crippen LogP contribution in [0.25, 0.3) is 0 Å². The van der Waals surface area contributed by atoms with Crippen molar-refractivity contribution < 1.29 is 9.84 Å². The molecule has 19 heavy (non-hydrogen) atoms. The monoisotopic (exact) mass is 271 g/mol. The minimum Gasteiger partial charge on any atom is -0.389 e. The van der Waals surface area contributed by atoms with Crippen LogP contribution in [-0.4, -0.2) is 36.5 Å². The highest BCUT2D eigenvalue weighted by Gasteiger charge is 2.30. The van der Waals surface area contributed by atoms with Gasteiger partial charge in [0.05, 0.1) is 18.8 Å². The lowest BCUT2D eigenvalue weighted by Crippen LogP contribution is -2.36.